The fourth-order valence-corrected chi connectivity index (χ4v) is 3.36. The number of nitrogens with two attached hydrogens (primary N) is 1. The van der Waals surface area contributed by atoms with E-state index in [1.807, 2.05) is 18.2 Å². The molecule has 0 fully saturated rings. The number of benzene rings is 1. The maximum absolute atomic E-state index is 12.3. The molecule has 0 atom stereocenters. The van der Waals surface area contributed by atoms with Crippen LogP contribution >= 0.6 is 0 Å². The molecule has 3 N–H and O–H groups in total. The molecule has 0 amide bonds. The summed E-state index contributed by atoms with van der Waals surface area (Å²) in [5.74, 6) is 0. The van der Waals surface area contributed by atoms with Gasteiger partial charge in [0.1, 0.15) is 4.90 Å². The molecule has 2 rings (SSSR count). The predicted molar refractivity (Wildman–Crippen MR) is 78.7 cm³/mol. The summed E-state index contributed by atoms with van der Waals surface area (Å²) in [5, 5.41) is 0. The molecule has 0 bridgehead atoms. The Morgan fingerprint density at radius 1 is 1.20 bits per heavy atom. The Morgan fingerprint density at radius 2 is 2.00 bits per heavy atom. The monoisotopic (exact) mass is 291 g/mol. The van der Waals surface area contributed by atoms with Crippen molar-refractivity contribution in [3.63, 3.8) is 0 Å². The third kappa shape index (κ3) is 3.34. The number of nitrogens with one attached hydrogen (secondary N) is 1. The van der Waals surface area contributed by atoms with Gasteiger partial charge < -0.3 is 5.73 Å². The van der Waals surface area contributed by atoms with E-state index in [1.165, 1.54) is 0 Å². The number of anilines is 1. The number of nitrogen functional groups attached to an aromatic ring is 1. The van der Waals surface area contributed by atoms with Crippen molar-refractivity contribution in [3.05, 3.63) is 53.9 Å². The number of hydrogen-bond donors (Lipinski definition) is 2. The van der Waals surface area contributed by atoms with Crippen LogP contribution in [0.1, 0.15) is 11.3 Å². The maximum atomic E-state index is 12.3. The van der Waals surface area contributed by atoms with Crippen LogP contribution in [-0.4, -0.2) is 19.9 Å². The van der Waals surface area contributed by atoms with E-state index in [0.29, 0.717) is 12.0 Å². The largest absolute Gasteiger partial charge is 0.398 e. The minimum Gasteiger partial charge on any atom is -0.398 e. The lowest BCUT2D eigenvalue weighted by Gasteiger charge is -2.11. The van der Waals surface area contributed by atoms with Gasteiger partial charge in [-0.05, 0) is 30.7 Å². The summed E-state index contributed by atoms with van der Waals surface area (Å²) in [4.78, 5) is 4.30. The molecule has 1 aromatic heterocycles. The standard InChI is InChI=1S/C14H17N3O2S/c1-11-5-4-7-13(15)14(11)20(18,19)17-10-8-12-6-2-3-9-16-12/h2-7,9,17H,8,10,15H2,1H3. The van der Waals surface area contributed by atoms with Gasteiger partial charge >= 0.3 is 0 Å². The number of aryl methyl sites for hydroxylation is 1. The van der Waals surface area contributed by atoms with E-state index in [1.54, 1.807) is 31.3 Å². The van der Waals surface area contributed by atoms with Crippen LogP contribution < -0.4 is 10.5 Å². The zero-order valence-corrected chi connectivity index (χ0v) is 12.0. The number of nitrogens with zero attached hydrogens (tertiary/aromatic N) is 1. The highest BCUT2D eigenvalue weighted by Gasteiger charge is 2.19. The van der Waals surface area contributed by atoms with E-state index in [4.69, 9.17) is 5.73 Å². The summed E-state index contributed by atoms with van der Waals surface area (Å²) in [7, 11) is -3.59. The van der Waals surface area contributed by atoms with Crippen molar-refractivity contribution in [1.29, 1.82) is 0 Å². The lowest BCUT2D eigenvalue weighted by molar-refractivity contribution is 0.581. The van der Waals surface area contributed by atoms with Gasteiger partial charge in [-0.2, -0.15) is 0 Å². The molecule has 6 heteroatoms. The number of sulfonamides is 1. The summed E-state index contributed by atoms with van der Waals surface area (Å²) in [6.07, 6.45) is 2.22. The van der Waals surface area contributed by atoms with Crippen LogP contribution in [0.2, 0.25) is 0 Å². The Morgan fingerprint density at radius 3 is 2.65 bits per heavy atom. The fourth-order valence-electron chi connectivity index (χ4n) is 1.97. The van der Waals surface area contributed by atoms with Crippen LogP contribution in [-0.2, 0) is 16.4 Å². The van der Waals surface area contributed by atoms with Gasteiger partial charge in [-0.25, -0.2) is 13.1 Å². The molecule has 0 saturated heterocycles. The van der Waals surface area contributed by atoms with Crippen LogP contribution in [0.25, 0.3) is 0 Å². The van der Waals surface area contributed by atoms with Crippen molar-refractivity contribution in [2.45, 2.75) is 18.2 Å². The lowest BCUT2D eigenvalue weighted by Crippen LogP contribution is -2.27. The van der Waals surface area contributed by atoms with Crippen LogP contribution in [0.4, 0.5) is 5.69 Å². The second-order valence-electron chi connectivity index (χ2n) is 4.46. The van der Waals surface area contributed by atoms with Crippen LogP contribution in [0.15, 0.2) is 47.5 Å². The first kappa shape index (κ1) is 14.5. The number of pyridine rings is 1. The van der Waals surface area contributed by atoms with E-state index in [-0.39, 0.29) is 17.1 Å². The first-order valence-corrected chi connectivity index (χ1v) is 7.74. The van der Waals surface area contributed by atoms with E-state index >= 15 is 0 Å². The molecule has 0 radical (unpaired) electrons. The van der Waals surface area contributed by atoms with E-state index in [9.17, 15) is 8.42 Å². The highest BCUT2D eigenvalue weighted by molar-refractivity contribution is 7.89. The Bertz CT molecular complexity index is 665. The predicted octanol–water partition coefficient (Wildman–Crippen LogP) is 1.49. The molecule has 0 saturated carbocycles. The Kier molecular flexibility index (Phi) is 4.36. The summed E-state index contributed by atoms with van der Waals surface area (Å²) in [6, 6.07) is 10.6. The highest BCUT2D eigenvalue weighted by atomic mass is 32.2. The quantitative estimate of drug-likeness (QED) is 0.817. The summed E-state index contributed by atoms with van der Waals surface area (Å²) in [6.45, 7) is 2.01. The molecular formula is C14H17N3O2S. The third-order valence-electron chi connectivity index (χ3n) is 2.91. The zero-order valence-electron chi connectivity index (χ0n) is 11.2. The average Bonchev–Trinajstić information content (AvgIpc) is 2.39. The first-order chi connectivity index (χ1) is 9.50. The molecule has 106 valence electrons. The molecule has 2 aromatic rings. The van der Waals surface area contributed by atoms with Crippen LogP contribution in [0, 0.1) is 6.92 Å². The Balaban J connectivity index is 2.09. The maximum Gasteiger partial charge on any atom is 0.242 e. The van der Waals surface area contributed by atoms with Crippen LogP contribution in [0.3, 0.4) is 0 Å². The van der Waals surface area contributed by atoms with Crippen molar-refractivity contribution in [2.75, 3.05) is 12.3 Å². The number of aromatic nitrogens is 1. The molecule has 0 aliphatic rings. The number of rotatable bonds is 5. The highest BCUT2D eigenvalue weighted by Crippen LogP contribution is 2.21. The van der Waals surface area contributed by atoms with Crippen molar-refractivity contribution in [1.82, 2.24) is 9.71 Å². The Hall–Kier alpha value is -1.92. The van der Waals surface area contributed by atoms with E-state index in [2.05, 4.69) is 9.71 Å². The molecule has 1 heterocycles. The average molecular weight is 291 g/mol. The molecule has 5 nitrogen and oxygen atoms in total. The second-order valence-corrected chi connectivity index (χ2v) is 6.17. The van der Waals surface area contributed by atoms with Gasteiger partial charge in [0.2, 0.25) is 10.0 Å². The van der Waals surface area contributed by atoms with Gasteiger partial charge in [0.25, 0.3) is 0 Å². The van der Waals surface area contributed by atoms with Gasteiger partial charge in [0, 0.05) is 24.9 Å². The molecule has 1 aromatic carbocycles. The summed E-state index contributed by atoms with van der Waals surface area (Å²) >= 11 is 0. The third-order valence-corrected chi connectivity index (χ3v) is 4.59. The Labute approximate surface area is 118 Å². The molecule has 0 unspecified atom stereocenters. The minimum absolute atomic E-state index is 0.154. The summed E-state index contributed by atoms with van der Waals surface area (Å²) in [5.41, 5.74) is 7.49. The van der Waals surface area contributed by atoms with Gasteiger partial charge in [0.15, 0.2) is 0 Å². The SMILES string of the molecule is Cc1cccc(N)c1S(=O)(=O)NCCc1ccccn1. The first-order valence-electron chi connectivity index (χ1n) is 6.25. The van der Waals surface area contributed by atoms with Gasteiger partial charge in [-0.3, -0.25) is 4.98 Å². The smallest absolute Gasteiger partial charge is 0.242 e. The second kappa shape index (κ2) is 6.02. The van der Waals surface area contributed by atoms with E-state index in [0.717, 1.165) is 5.69 Å². The fraction of sp³-hybridized carbons (Fsp3) is 0.214. The topological polar surface area (TPSA) is 85.1 Å². The van der Waals surface area contributed by atoms with Gasteiger partial charge in [-0.15, -0.1) is 0 Å². The molecule has 0 spiro atoms. The van der Waals surface area contributed by atoms with Crippen molar-refractivity contribution >= 4 is 15.7 Å². The van der Waals surface area contributed by atoms with E-state index < -0.39 is 10.0 Å². The zero-order chi connectivity index (χ0) is 14.6. The molecule has 0 aliphatic carbocycles. The van der Waals surface area contributed by atoms with Crippen molar-refractivity contribution in [2.24, 2.45) is 0 Å². The lowest BCUT2D eigenvalue weighted by atomic mass is 10.2. The summed E-state index contributed by atoms with van der Waals surface area (Å²) < 4.78 is 27.1. The van der Waals surface area contributed by atoms with Crippen molar-refractivity contribution < 1.29 is 8.42 Å². The molecular weight excluding hydrogens is 274 g/mol. The normalized spacial score (nSPS) is 11.4. The minimum atomic E-state index is -3.59. The molecule has 0 aliphatic heterocycles. The van der Waals surface area contributed by atoms with Crippen molar-refractivity contribution in [3.8, 4) is 0 Å². The van der Waals surface area contributed by atoms with Crippen LogP contribution in [0.5, 0.6) is 0 Å². The van der Waals surface area contributed by atoms with Gasteiger partial charge in [0.05, 0.1) is 5.69 Å². The number of hydrogen-bond acceptors (Lipinski definition) is 4. The van der Waals surface area contributed by atoms with Gasteiger partial charge in [-0.1, -0.05) is 18.2 Å². The molecule has 20 heavy (non-hydrogen) atoms.